The van der Waals surface area contributed by atoms with E-state index in [2.05, 4.69) is 15.1 Å². The van der Waals surface area contributed by atoms with Crippen molar-refractivity contribution in [3.05, 3.63) is 42.4 Å². The predicted octanol–water partition coefficient (Wildman–Crippen LogP) is 2.08. The molecule has 0 saturated carbocycles. The maximum atomic E-state index is 5.74. The Hall–Kier alpha value is -2.41. The van der Waals surface area contributed by atoms with Gasteiger partial charge in [0, 0.05) is 24.9 Å². The van der Waals surface area contributed by atoms with Gasteiger partial charge in [0.15, 0.2) is 11.6 Å². The number of furan rings is 1. The van der Waals surface area contributed by atoms with E-state index >= 15 is 0 Å². The monoisotopic (exact) mass is 286 g/mol. The molecule has 21 heavy (non-hydrogen) atoms. The van der Waals surface area contributed by atoms with Crippen molar-refractivity contribution in [3.8, 4) is 11.7 Å². The lowest BCUT2D eigenvalue weighted by molar-refractivity contribution is 0.192. The molecule has 0 bridgehead atoms. The largest absolute Gasteiger partial charge is 0.454 e. The number of hydrogen-bond donors (Lipinski definition) is 0. The average molecular weight is 286 g/mol. The fraction of sp³-hybridized carbons (Fsp3) is 0.357. The first kappa shape index (κ1) is 12.3. The van der Waals surface area contributed by atoms with E-state index < -0.39 is 0 Å². The van der Waals surface area contributed by atoms with Crippen molar-refractivity contribution >= 4 is 0 Å². The van der Waals surface area contributed by atoms with E-state index in [1.165, 1.54) is 0 Å². The lowest BCUT2D eigenvalue weighted by Gasteiger charge is -1.97. The van der Waals surface area contributed by atoms with Crippen molar-refractivity contribution in [3.63, 3.8) is 0 Å². The van der Waals surface area contributed by atoms with Crippen LogP contribution in [0.3, 0.4) is 0 Å². The second-order valence-electron chi connectivity index (χ2n) is 5.02. The van der Waals surface area contributed by atoms with Crippen LogP contribution in [0, 0.1) is 0 Å². The molecule has 108 valence electrons. The van der Waals surface area contributed by atoms with E-state index in [1.54, 1.807) is 12.5 Å². The molecule has 1 fully saturated rings. The number of hydrogen-bond acceptors (Lipinski definition) is 6. The molecule has 7 heteroatoms. The summed E-state index contributed by atoms with van der Waals surface area (Å²) in [5.41, 5.74) is 0. The van der Waals surface area contributed by atoms with Crippen LogP contribution in [0.1, 0.15) is 23.9 Å². The quantitative estimate of drug-likeness (QED) is 0.730. The van der Waals surface area contributed by atoms with E-state index in [-0.39, 0.29) is 5.92 Å². The molecule has 3 aromatic rings. The Balaban J connectivity index is 1.52. The van der Waals surface area contributed by atoms with E-state index in [4.69, 9.17) is 13.7 Å². The van der Waals surface area contributed by atoms with Gasteiger partial charge in [-0.05, 0) is 18.6 Å². The molecule has 4 heterocycles. The Morgan fingerprint density at radius 3 is 3.14 bits per heavy atom. The Morgan fingerprint density at radius 2 is 2.33 bits per heavy atom. The van der Waals surface area contributed by atoms with E-state index in [0.29, 0.717) is 30.6 Å². The van der Waals surface area contributed by atoms with Crippen molar-refractivity contribution in [2.75, 3.05) is 13.2 Å². The summed E-state index contributed by atoms with van der Waals surface area (Å²) in [6.07, 6.45) is 6.29. The van der Waals surface area contributed by atoms with Gasteiger partial charge in [-0.2, -0.15) is 4.98 Å². The van der Waals surface area contributed by atoms with Crippen molar-refractivity contribution in [1.82, 2.24) is 19.7 Å². The molecular formula is C14H14N4O3. The number of nitrogens with zero attached hydrogens (tertiary/aromatic N) is 4. The van der Waals surface area contributed by atoms with Crippen molar-refractivity contribution < 1.29 is 13.7 Å². The first-order valence-electron chi connectivity index (χ1n) is 6.84. The highest BCUT2D eigenvalue weighted by atomic mass is 16.5. The topological polar surface area (TPSA) is 79.1 Å². The Bertz CT molecular complexity index is 710. The van der Waals surface area contributed by atoms with Crippen molar-refractivity contribution in [2.24, 2.45) is 0 Å². The molecule has 1 aliphatic rings. The lowest BCUT2D eigenvalue weighted by atomic mass is 10.1. The van der Waals surface area contributed by atoms with Gasteiger partial charge in [0.2, 0.25) is 0 Å². The first-order chi connectivity index (χ1) is 10.4. The molecule has 0 unspecified atom stereocenters. The fourth-order valence-corrected chi connectivity index (χ4v) is 2.38. The predicted molar refractivity (Wildman–Crippen MR) is 71.5 cm³/mol. The highest BCUT2D eigenvalue weighted by Gasteiger charge is 2.24. The summed E-state index contributed by atoms with van der Waals surface area (Å²) < 4.78 is 18.3. The summed E-state index contributed by atoms with van der Waals surface area (Å²) in [7, 11) is 0. The van der Waals surface area contributed by atoms with E-state index in [0.717, 1.165) is 18.8 Å². The summed E-state index contributed by atoms with van der Waals surface area (Å²) >= 11 is 0. The second kappa shape index (κ2) is 5.17. The standard InChI is InChI=1S/C14H14N4O3/c1-2-12(20-11(1)7-18-5-4-15-9-18)14-16-13(17-21-14)10-3-6-19-8-10/h1-2,4-5,9-10H,3,6-8H2/t10-/m0/s1. The van der Waals surface area contributed by atoms with Crippen LogP contribution in [0.4, 0.5) is 0 Å². The zero-order valence-electron chi connectivity index (χ0n) is 11.3. The average Bonchev–Trinajstić information content (AvgIpc) is 3.28. The summed E-state index contributed by atoms with van der Waals surface area (Å²) in [6.45, 7) is 2.03. The molecule has 0 aromatic carbocycles. The lowest BCUT2D eigenvalue weighted by Crippen LogP contribution is -1.99. The molecule has 1 aliphatic heterocycles. The third-order valence-electron chi connectivity index (χ3n) is 3.51. The Morgan fingerprint density at radius 1 is 1.33 bits per heavy atom. The Kier molecular flexibility index (Phi) is 3.04. The number of ether oxygens (including phenoxy) is 1. The van der Waals surface area contributed by atoms with E-state index in [9.17, 15) is 0 Å². The molecule has 0 amide bonds. The molecule has 0 radical (unpaired) electrons. The number of imidazole rings is 1. The van der Waals surface area contributed by atoms with Gasteiger partial charge in [-0.3, -0.25) is 0 Å². The number of aromatic nitrogens is 4. The first-order valence-corrected chi connectivity index (χ1v) is 6.84. The molecular weight excluding hydrogens is 272 g/mol. The summed E-state index contributed by atoms with van der Waals surface area (Å²) in [5, 5.41) is 4.02. The van der Waals surface area contributed by atoms with Gasteiger partial charge in [-0.25, -0.2) is 4.98 Å². The number of rotatable bonds is 4. The molecule has 7 nitrogen and oxygen atoms in total. The Labute approximate surface area is 120 Å². The molecule has 1 saturated heterocycles. The molecule has 4 rings (SSSR count). The van der Waals surface area contributed by atoms with Crippen LogP contribution >= 0.6 is 0 Å². The zero-order chi connectivity index (χ0) is 14.1. The van der Waals surface area contributed by atoms with Gasteiger partial charge < -0.3 is 18.2 Å². The van der Waals surface area contributed by atoms with Gasteiger partial charge in [-0.1, -0.05) is 5.16 Å². The zero-order valence-corrected chi connectivity index (χ0v) is 11.3. The van der Waals surface area contributed by atoms with Gasteiger partial charge in [-0.15, -0.1) is 0 Å². The van der Waals surface area contributed by atoms with Crippen LogP contribution in [0.5, 0.6) is 0 Å². The molecule has 0 N–H and O–H groups in total. The summed E-state index contributed by atoms with van der Waals surface area (Å²) in [6, 6.07) is 3.74. The maximum Gasteiger partial charge on any atom is 0.293 e. The summed E-state index contributed by atoms with van der Waals surface area (Å²) in [5.74, 6) is 2.72. The third kappa shape index (κ3) is 2.47. The van der Waals surface area contributed by atoms with Crippen LogP contribution in [-0.4, -0.2) is 32.9 Å². The minimum absolute atomic E-state index is 0.225. The van der Waals surface area contributed by atoms with Crippen molar-refractivity contribution in [2.45, 2.75) is 18.9 Å². The van der Waals surface area contributed by atoms with E-state index in [1.807, 2.05) is 22.9 Å². The van der Waals surface area contributed by atoms with Crippen LogP contribution in [0.25, 0.3) is 11.7 Å². The van der Waals surface area contributed by atoms with Gasteiger partial charge in [0.1, 0.15) is 5.76 Å². The minimum Gasteiger partial charge on any atom is -0.454 e. The van der Waals surface area contributed by atoms with Crippen LogP contribution in [0.2, 0.25) is 0 Å². The normalized spacial score (nSPS) is 18.4. The molecule has 0 aliphatic carbocycles. The SMILES string of the molecule is c1cn(Cc2ccc(-c3nc([C@H]4CCOC4)no3)o2)cn1. The third-order valence-corrected chi connectivity index (χ3v) is 3.51. The smallest absolute Gasteiger partial charge is 0.293 e. The summed E-state index contributed by atoms with van der Waals surface area (Å²) in [4.78, 5) is 8.40. The fourth-order valence-electron chi connectivity index (χ4n) is 2.38. The maximum absolute atomic E-state index is 5.74. The minimum atomic E-state index is 0.225. The van der Waals surface area contributed by atoms with Gasteiger partial charge >= 0.3 is 0 Å². The molecule has 3 aromatic heterocycles. The molecule has 0 spiro atoms. The van der Waals surface area contributed by atoms with Gasteiger partial charge in [0.05, 0.1) is 19.5 Å². The van der Waals surface area contributed by atoms with Gasteiger partial charge in [0.25, 0.3) is 5.89 Å². The van der Waals surface area contributed by atoms with Crippen molar-refractivity contribution in [1.29, 1.82) is 0 Å². The van der Waals surface area contributed by atoms with Crippen LogP contribution in [-0.2, 0) is 11.3 Å². The second-order valence-corrected chi connectivity index (χ2v) is 5.02. The van der Waals surface area contributed by atoms with Crippen LogP contribution < -0.4 is 0 Å². The van der Waals surface area contributed by atoms with Crippen LogP contribution in [0.15, 0.2) is 39.8 Å². The highest BCUT2D eigenvalue weighted by Crippen LogP contribution is 2.26. The molecule has 1 atom stereocenters. The highest BCUT2D eigenvalue weighted by molar-refractivity contribution is 5.44.